The zero-order chi connectivity index (χ0) is 16.8. The molecule has 7 nitrogen and oxygen atoms in total. The predicted octanol–water partition coefficient (Wildman–Crippen LogP) is 1.11. The highest BCUT2D eigenvalue weighted by molar-refractivity contribution is 7.89. The smallest absolute Gasteiger partial charge is 0.335 e. The van der Waals surface area contributed by atoms with Crippen molar-refractivity contribution in [3.8, 4) is 0 Å². The summed E-state index contributed by atoms with van der Waals surface area (Å²) < 4.78 is 27.2. The summed E-state index contributed by atoms with van der Waals surface area (Å²) in [6, 6.07) is 3.89. The molecule has 0 amide bonds. The molecule has 0 aliphatic carbocycles. The van der Waals surface area contributed by atoms with Crippen molar-refractivity contribution in [3.05, 3.63) is 23.8 Å². The van der Waals surface area contributed by atoms with E-state index in [-0.39, 0.29) is 29.5 Å². The van der Waals surface area contributed by atoms with Gasteiger partial charge < -0.3 is 15.5 Å². The van der Waals surface area contributed by atoms with Crippen LogP contribution < -0.4 is 10.0 Å². The van der Waals surface area contributed by atoms with E-state index in [4.69, 9.17) is 10.2 Å². The maximum atomic E-state index is 12.4. The number of nitrogens with one attached hydrogen (secondary N) is 2. The van der Waals surface area contributed by atoms with Crippen LogP contribution in [0.4, 0.5) is 5.69 Å². The highest BCUT2D eigenvalue weighted by Gasteiger charge is 2.20. The van der Waals surface area contributed by atoms with Gasteiger partial charge in [-0.15, -0.1) is 0 Å². The second kappa shape index (κ2) is 8.11. The van der Waals surface area contributed by atoms with Crippen LogP contribution in [-0.4, -0.2) is 44.3 Å². The molecule has 0 saturated heterocycles. The summed E-state index contributed by atoms with van der Waals surface area (Å²) in [4.78, 5) is 10.9. The quantitative estimate of drug-likeness (QED) is 0.504. The molecule has 1 aromatic carbocycles. The number of sulfonamides is 1. The second-order valence-electron chi connectivity index (χ2n) is 5.27. The molecule has 0 spiro atoms. The Balaban J connectivity index is 3.15. The highest BCUT2D eigenvalue weighted by atomic mass is 32.2. The summed E-state index contributed by atoms with van der Waals surface area (Å²) in [5.74, 6) is -1.06. The van der Waals surface area contributed by atoms with Crippen molar-refractivity contribution in [3.63, 3.8) is 0 Å². The Morgan fingerprint density at radius 2 is 2.00 bits per heavy atom. The first kappa shape index (κ1) is 18.4. The van der Waals surface area contributed by atoms with Crippen molar-refractivity contribution in [2.75, 3.05) is 25.0 Å². The number of carbonyl (C=O) groups is 1. The van der Waals surface area contributed by atoms with E-state index in [0.717, 1.165) is 6.07 Å². The summed E-state index contributed by atoms with van der Waals surface area (Å²) in [6.45, 7) is 4.37. The van der Waals surface area contributed by atoms with Crippen LogP contribution in [0.2, 0.25) is 0 Å². The van der Waals surface area contributed by atoms with Gasteiger partial charge in [0.15, 0.2) is 0 Å². The van der Waals surface area contributed by atoms with Crippen molar-refractivity contribution in [1.29, 1.82) is 0 Å². The van der Waals surface area contributed by atoms with E-state index in [2.05, 4.69) is 10.0 Å². The monoisotopic (exact) mass is 330 g/mol. The zero-order valence-corrected chi connectivity index (χ0v) is 13.5. The first-order chi connectivity index (χ1) is 10.3. The third kappa shape index (κ3) is 5.28. The molecule has 8 heteroatoms. The number of hydrogen-bond acceptors (Lipinski definition) is 5. The normalized spacial score (nSPS) is 11.6. The van der Waals surface area contributed by atoms with Crippen molar-refractivity contribution in [2.24, 2.45) is 5.92 Å². The first-order valence-corrected chi connectivity index (χ1v) is 8.48. The Hall–Kier alpha value is -1.64. The standard InChI is InChI=1S/C14H22N2O5S/c1-10(2)9-16-22(20,21)13-8-11(14(18)19)4-5-12(13)15-6-3-7-17/h4-5,8,10,15-17H,3,6-7,9H2,1-2H3,(H,18,19). The minimum Gasteiger partial charge on any atom is -0.478 e. The average molecular weight is 330 g/mol. The molecule has 0 radical (unpaired) electrons. The molecule has 0 unspecified atom stereocenters. The molecule has 1 rings (SSSR count). The summed E-state index contributed by atoms with van der Waals surface area (Å²) >= 11 is 0. The Bertz CT molecular complexity index is 614. The molecule has 0 atom stereocenters. The number of aliphatic hydroxyl groups is 1. The maximum Gasteiger partial charge on any atom is 0.335 e. The molecule has 22 heavy (non-hydrogen) atoms. The van der Waals surface area contributed by atoms with Crippen molar-refractivity contribution < 1.29 is 23.4 Å². The van der Waals surface area contributed by atoms with Gasteiger partial charge in [-0.05, 0) is 30.5 Å². The summed E-state index contributed by atoms with van der Waals surface area (Å²) in [6.07, 6.45) is 0.458. The van der Waals surface area contributed by atoms with E-state index < -0.39 is 16.0 Å². The van der Waals surface area contributed by atoms with Gasteiger partial charge in [0.2, 0.25) is 10.0 Å². The topological polar surface area (TPSA) is 116 Å². The zero-order valence-electron chi connectivity index (χ0n) is 12.7. The van der Waals surface area contributed by atoms with Crippen LogP contribution in [0.25, 0.3) is 0 Å². The molecule has 0 aromatic heterocycles. The Morgan fingerprint density at radius 1 is 1.32 bits per heavy atom. The van der Waals surface area contributed by atoms with Crippen LogP contribution in [0, 0.1) is 5.92 Å². The maximum absolute atomic E-state index is 12.4. The van der Waals surface area contributed by atoms with Crippen LogP contribution >= 0.6 is 0 Å². The van der Waals surface area contributed by atoms with Gasteiger partial charge in [0, 0.05) is 19.7 Å². The van der Waals surface area contributed by atoms with Gasteiger partial charge >= 0.3 is 5.97 Å². The highest BCUT2D eigenvalue weighted by Crippen LogP contribution is 2.23. The van der Waals surface area contributed by atoms with E-state index in [9.17, 15) is 13.2 Å². The summed E-state index contributed by atoms with van der Waals surface area (Å²) in [5, 5.41) is 20.7. The van der Waals surface area contributed by atoms with Crippen molar-refractivity contribution in [1.82, 2.24) is 4.72 Å². The number of rotatable bonds is 9. The van der Waals surface area contributed by atoms with E-state index >= 15 is 0 Å². The largest absolute Gasteiger partial charge is 0.478 e. The molecular formula is C14H22N2O5S. The number of carboxylic acid groups (broad SMARTS) is 1. The van der Waals surface area contributed by atoms with E-state index in [1.807, 2.05) is 13.8 Å². The Kier molecular flexibility index (Phi) is 6.79. The van der Waals surface area contributed by atoms with Gasteiger partial charge in [0.05, 0.1) is 11.3 Å². The lowest BCUT2D eigenvalue weighted by molar-refractivity contribution is 0.0696. The van der Waals surface area contributed by atoms with Gasteiger partial charge in [0.1, 0.15) is 4.90 Å². The van der Waals surface area contributed by atoms with Gasteiger partial charge in [-0.1, -0.05) is 13.8 Å². The number of benzene rings is 1. The van der Waals surface area contributed by atoms with Gasteiger partial charge in [-0.2, -0.15) is 0 Å². The second-order valence-corrected chi connectivity index (χ2v) is 7.00. The fraction of sp³-hybridized carbons (Fsp3) is 0.500. The van der Waals surface area contributed by atoms with Crippen LogP contribution in [0.1, 0.15) is 30.6 Å². The molecule has 1 aromatic rings. The first-order valence-electron chi connectivity index (χ1n) is 6.99. The summed E-state index contributed by atoms with van der Waals surface area (Å²) in [7, 11) is -3.82. The number of carboxylic acids is 1. The molecule has 0 saturated carbocycles. The van der Waals surface area contributed by atoms with Gasteiger partial charge in [0.25, 0.3) is 0 Å². The molecule has 0 bridgehead atoms. The van der Waals surface area contributed by atoms with E-state index in [1.54, 1.807) is 0 Å². The summed E-state index contributed by atoms with van der Waals surface area (Å²) in [5.41, 5.74) is 0.215. The molecule has 124 valence electrons. The minimum atomic E-state index is -3.82. The number of hydrogen-bond donors (Lipinski definition) is 4. The van der Waals surface area contributed by atoms with Crippen LogP contribution in [-0.2, 0) is 10.0 Å². The van der Waals surface area contributed by atoms with Crippen molar-refractivity contribution in [2.45, 2.75) is 25.2 Å². The van der Waals surface area contributed by atoms with E-state index in [1.165, 1.54) is 12.1 Å². The lowest BCUT2D eigenvalue weighted by Crippen LogP contribution is -2.28. The molecule has 4 N–H and O–H groups in total. The van der Waals surface area contributed by atoms with Crippen molar-refractivity contribution >= 4 is 21.7 Å². The molecule has 0 fully saturated rings. The number of anilines is 1. The van der Waals surface area contributed by atoms with Gasteiger partial charge in [-0.25, -0.2) is 17.9 Å². The number of aromatic carboxylic acids is 1. The average Bonchev–Trinajstić information content (AvgIpc) is 2.45. The lowest BCUT2D eigenvalue weighted by Gasteiger charge is -2.14. The SMILES string of the molecule is CC(C)CNS(=O)(=O)c1cc(C(=O)O)ccc1NCCCO. The van der Waals surface area contributed by atoms with Gasteiger partial charge in [-0.3, -0.25) is 0 Å². The predicted molar refractivity (Wildman–Crippen MR) is 83.6 cm³/mol. The molecule has 0 aliphatic rings. The third-order valence-electron chi connectivity index (χ3n) is 2.85. The minimum absolute atomic E-state index is 0.0199. The Labute approximate surface area is 130 Å². The Morgan fingerprint density at radius 3 is 2.55 bits per heavy atom. The lowest BCUT2D eigenvalue weighted by atomic mass is 10.2. The third-order valence-corrected chi connectivity index (χ3v) is 4.31. The van der Waals surface area contributed by atoms with Crippen LogP contribution in [0.3, 0.4) is 0 Å². The fourth-order valence-electron chi connectivity index (χ4n) is 1.68. The van der Waals surface area contributed by atoms with Crippen LogP contribution in [0.15, 0.2) is 23.1 Å². The van der Waals surface area contributed by atoms with Crippen LogP contribution in [0.5, 0.6) is 0 Å². The molecular weight excluding hydrogens is 308 g/mol. The number of aliphatic hydroxyl groups excluding tert-OH is 1. The molecule has 0 heterocycles. The molecule has 0 aliphatic heterocycles. The fourth-order valence-corrected chi connectivity index (χ4v) is 3.10. The van der Waals surface area contributed by atoms with E-state index in [0.29, 0.717) is 18.7 Å².